The third kappa shape index (κ3) is 4.92. The van der Waals surface area contributed by atoms with Crippen LogP contribution in [0, 0.1) is 23.7 Å². The van der Waals surface area contributed by atoms with Crippen molar-refractivity contribution in [2.75, 3.05) is 6.61 Å². The van der Waals surface area contributed by atoms with Crippen LogP contribution in [0.5, 0.6) is 11.5 Å². The molecule has 43 heavy (non-hydrogen) atoms. The molecule has 4 aromatic carbocycles. The van der Waals surface area contributed by atoms with Crippen molar-refractivity contribution in [3.8, 4) is 22.6 Å². The fraction of sp³-hybridized carbons (Fsp3) is 0.342. The van der Waals surface area contributed by atoms with Gasteiger partial charge in [0.25, 0.3) is 0 Å². The topological polar surface area (TPSA) is 44.8 Å². The molecule has 1 heterocycles. The van der Waals surface area contributed by atoms with Crippen LogP contribution < -0.4 is 9.47 Å². The predicted molar refractivity (Wildman–Crippen MR) is 170 cm³/mol. The SMILES string of the molecule is CC1(OC(=O)COc2ccc(COc3ccc([SH]4c5ccccc5-c5ccccc54)cc3)cc2)C2CC3CC(C2)CC1C3. The molecule has 4 aliphatic carbocycles. The molecular weight excluding hydrogens is 552 g/mol. The monoisotopic (exact) mass is 590 g/mol. The number of rotatable bonds is 8. The lowest BCUT2D eigenvalue weighted by Gasteiger charge is -2.59. The van der Waals surface area contributed by atoms with E-state index >= 15 is 0 Å². The zero-order chi connectivity index (χ0) is 29.0. The average molecular weight is 591 g/mol. The molecule has 4 saturated carbocycles. The zero-order valence-corrected chi connectivity index (χ0v) is 25.5. The van der Waals surface area contributed by atoms with Crippen LogP contribution in [-0.4, -0.2) is 18.2 Å². The summed E-state index contributed by atoms with van der Waals surface area (Å²) in [6.07, 6.45) is 6.26. The molecule has 4 fully saturated rings. The van der Waals surface area contributed by atoms with Gasteiger partial charge in [-0.1, -0.05) is 48.5 Å². The standard InChI is InChI=1S/C38H38O4S/c1-38(28-19-26-18-27(21-28)22-29(38)20-26)42-37(39)24-41-30-12-10-25(11-13-30)23-40-31-14-16-32(17-15-31)43-35-8-4-2-6-33(35)34-7-3-5-9-36(34)43/h2-17,26-29,43H,18-24H2,1H3. The van der Waals surface area contributed by atoms with Crippen LogP contribution in [0.25, 0.3) is 11.1 Å². The first-order valence-electron chi connectivity index (χ1n) is 15.7. The van der Waals surface area contributed by atoms with Gasteiger partial charge in [-0.3, -0.25) is 0 Å². The van der Waals surface area contributed by atoms with E-state index in [0.29, 0.717) is 24.2 Å². The van der Waals surface area contributed by atoms with Gasteiger partial charge in [-0.15, -0.1) is 0 Å². The number of esters is 1. The maximum absolute atomic E-state index is 12.8. The number of carbonyl (C=O) groups is 1. The number of carbonyl (C=O) groups excluding carboxylic acids is 1. The highest BCUT2D eigenvalue weighted by Gasteiger charge is 2.57. The summed E-state index contributed by atoms with van der Waals surface area (Å²) < 4.78 is 18.1. The van der Waals surface area contributed by atoms with Gasteiger partial charge in [0.05, 0.1) is 0 Å². The smallest absolute Gasteiger partial charge is 0.344 e. The van der Waals surface area contributed by atoms with Crippen LogP contribution in [0.4, 0.5) is 0 Å². The van der Waals surface area contributed by atoms with E-state index in [2.05, 4.69) is 79.7 Å². The molecule has 0 unspecified atom stereocenters. The first-order valence-corrected chi connectivity index (χ1v) is 17.0. The van der Waals surface area contributed by atoms with Gasteiger partial charge in [-0.25, -0.2) is 4.79 Å². The molecule has 0 spiro atoms. The predicted octanol–water partition coefficient (Wildman–Crippen LogP) is 8.86. The molecule has 0 radical (unpaired) electrons. The lowest BCUT2D eigenvalue weighted by atomic mass is 9.50. The Bertz CT molecular complexity index is 1570. The van der Waals surface area contributed by atoms with E-state index in [9.17, 15) is 4.79 Å². The minimum absolute atomic E-state index is 0.0540. The molecule has 1 aliphatic heterocycles. The summed E-state index contributed by atoms with van der Waals surface area (Å²) in [5, 5.41) is 0. The van der Waals surface area contributed by atoms with Crippen LogP contribution in [-0.2, 0) is 16.1 Å². The van der Waals surface area contributed by atoms with E-state index in [1.54, 1.807) is 0 Å². The number of fused-ring (bicyclic) bond motifs is 3. The largest absolute Gasteiger partial charge is 0.489 e. The fourth-order valence-electron chi connectivity index (χ4n) is 8.44. The van der Waals surface area contributed by atoms with Crippen LogP contribution in [0.1, 0.15) is 44.6 Å². The van der Waals surface area contributed by atoms with Crippen molar-refractivity contribution in [2.24, 2.45) is 23.7 Å². The molecule has 220 valence electrons. The highest BCUT2D eigenvalue weighted by atomic mass is 32.2. The van der Waals surface area contributed by atoms with E-state index in [1.807, 2.05) is 24.3 Å². The molecule has 0 atom stereocenters. The number of hydrogen-bond donors (Lipinski definition) is 1. The molecular formula is C38H38O4S. The minimum Gasteiger partial charge on any atom is -0.489 e. The highest BCUT2D eigenvalue weighted by Crippen LogP contribution is 2.62. The van der Waals surface area contributed by atoms with Crippen LogP contribution in [0.2, 0.25) is 0 Å². The number of benzene rings is 4. The summed E-state index contributed by atoms with van der Waals surface area (Å²) in [7, 11) is -0.563. The lowest BCUT2D eigenvalue weighted by molar-refractivity contribution is -0.204. The van der Waals surface area contributed by atoms with E-state index < -0.39 is 10.9 Å². The van der Waals surface area contributed by atoms with Gasteiger partial charge in [0, 0.05) is 9.79 Å². The second-order valence-corrected chi connectivity index (χ2v) is 15.2. The normalized spacial score (nSPS) is 27.0. The summed E-state index contributed by atoms with van der Waals surface area (Å²) in [4.78, 5) is 17.0. The summed E-state index contributed by atoms with van der Waals surface area (Å²) in [6, 6.07) is 33.9. The van der Waals surface area contributed by atoms with Gasteiger partial charge in [0.15, 0.2) is 6.61 Å². The first kappa shape index (κ1) is 26.9. The Kier molecular flexibility index (Phi) is 6.74. The number of ether oxygens (including phenoxy) is 3. The van der Waals surface area contributed by atoms with Gasteiger partial charge in [-0.05, 0) is 133 Å². The first-order chi connectivity index (χ1) is 21.0. The Hall–Kier alpha value is -3.70. The fourth-order valence-corrected chi connectivity index (χ4v) is 11.0. The van der Waals surface area contributed by atoms with Gasteiger partial charge in [0.1, 0.15) is 23.7 Å². The molecule has 4 bridgehead atoms. The summed E-state index contributed by atoms with van der Waals surface area (Å²) in [6.45, 7) is 2.58. The van der Waals surface area contributed by atoms with Gasteiger partial charge < -0.3 is 14.2 Å². The van der Waals surface area contributed by atoms with Crippen molar-refractivity contribution in [2.45, 2.75) is 65.9 Å². The van der Waals surface area contributed by atoms with E-state index in [4.69, 9.17) is 14.2 Å². The molecule has 5 heteroatoms. The third-order valence-corrected chi connectivity index (χ3v) is 13.0. The van der Waals surface area contributed by atoms with Crippen LogP contribution >= 0.6 is 10.9 Å². The van der Waals surface area contributed by atoms with Gasteiger partial charge in [0.2, 0.25) is 0 Å². The minimum atomic E-state index is -0.563. The van der Waals surface area contributed by atoms with Gasteiger partial charge in [-0.2, -0.15) is 10.9 Å². The molecule has 0 N–H and O–H groups in total. The summed E-state index contributed by atoms with van der Waals surface area (Å²) in [5.41, 5.74) is 3.43. The number of thiol groups is 1. The maximum Gasteiger partial charge on any atom is 0.344 e. The van der Waals surface area contributed by atoms with Crippen molar-refractivity contribution in [1.29, 1.82) is 0 Å². The van der Waals surface area contributed by atoms with Crippen molar-refractivity contribution >= 4 is 16.9 Å². The Balaban J connectivity index is 0.854. The Morgan fingerprint density at radius 1 is 0.698 bits per heavy atom. The van der Waals surface area contributed by atoms with Gasteiger partial charge >= 0.3 is 5.97 Å². The lowest BCUT2D eigenvalue weighted by Crippen LogP contribution is -2.58. The molecule has 4 nitrogen and oxygen atoms in total. The third-order valence-electron chi connectivity index (χ3n) is 10.5. The zero-order valence-electron chi connectivity index (χ0n) is 24.6. The van der Waals surface area contributed by atoms with E-state index in [0.717, 1.165) is 23.1 Å². The van der Waals surface area contributed by atoms with E-state index in [1.165, 1.54) is 57.9 Å². The average Bonchev–Trinajstić information content (AvgIpc) is 3.37. The Labute approximate surface area is 256 Å². The molecule has 0 aromatic heterocycles. The quantitative estimate of drug-likeness (QED) is 0.145. The molecule has 4 aromatic rings. The van der Waals surface area contributed by atoms with Crippen LogP contribution in [0.15, 0.2) is 112 Å². The summed E-state index contributed by atoms with van der Waals surface area (Å²) >= 11 is 0. The highest BCUT2D eigenvalue weighted by molar-refractivity contribution is 8.17. The van der Waals surface area contributed by atoms with Crippen molar-refractivity contribution in [1.82, 2.24) is 0 Å². The molecule has 5 aliphatic rings. The molecule has 9 rings (SSSR count). The molecule has 0 amide bonds. The Morgan fingerprint density at radius 2 is 1.23 bits per heavy atom. The van der Waals surface area contributed by atoms with Crippen molar-refractivity contribution in [3.63, 3.8) is 0 Å². The second kappa shape index (κ2) is 10.8. The van der Waals surface area contributed by atoms with E-state index in [-0.39, 0.29) is 18.2 Å². The summed E-state index contributed by atoms with van der Waals surface area (Å²) in [5.74, 6) is 3.99. The molecule has 0 saturated heterocycles. The van der Waals surface area contributed by atoms with Crippen molar-refractivity contribution in [3.05, 3.63) is 103 Å². The van der Waals surface area contributed by atoms with Crippen molar-refractivity contribution < 1.29 is 19.0 Å². The van der Waals surface area contributed by atoms with Crippen LogP contribution in [0.3, 0.4) is 0 Å². The Morgan fingerprint density at radius 3 is 1.84 bits per heavy atom. The number of hydrogen-bond acceptors (Lipinski definition) is 4. The second-order valence-electron chi connectivity index (χ2n) is 13.0. The maximum atomic E-state index is 12.8.